The van der Waals surface area contributed by atoms with Crippen LogP contribution in [0.3, 0.4) is 0 Å². The second-order valence-corrected chi connectivity index (χ2v) is 6.53. The average Bonchev–Trinajstić information content (AvgIpc) is 2.35. The predicted molar refractivity (Wildman–Crippen MR) is 78.3 cm³/mol. The summed E-state index contributed by atoms with van der Waals surface area (Å²) in [5.74, 6) is -0.617. The number of benzene rings is 1. The molecule has 5 nitrogen and oxygen atoms in total. The first-order chi connectivity index (χ1) is 9.26. The molecule has 0 radical (unpaired) electrons. The zero-order valence-electron chi connectivity index (χ0n) is 12.1. The standard InChI is InChI=1S/C14H19NO4S/c1-14(2,9-20(4)18)15-12(16)10-7-5-6-8-11(10)13(17)19-3/h5-8H,9H2,1-4H3,(H,15,16). The van der Waals surface area contributed by atoms with E-state index in [1.165, 1.54) is 13.2 Å². The van der Waals surface area contributed by atoms with Crippen molar-refractivity contribution in [3.05, 3.63) is 35.4 Å². The van der Waals surface area contributed by atoms with E-state index in [0.29, 0.717) is 5.75 Å². The molecule has 20 heavy (non-hydrogen) atoms. The third-order valence-corrected chi connectivity index (χ3v) is 3.72. The number of carbonyl (C=O) groups is 2. The maximum absolute atomic E-state index is 12.3. The van der Waals surface area contributed by atoms with Crippen LogP contribution in [0.5, 0.6) is 0 Å². The molecule has 1 aromatic rings. The molecule has 1 N–H and O–H groups in total. The van der Waals surface area contributed by atoms with Crippen molar-refractivity contribution in [2.24, 2.45) is 0 Å². The number of hydrogen-bond acceptors (Lipinski definition) is 4. The molecule has 0 aliphatic heterocycles. The first-order valence-corrected chi connectivity index (χ1v) is 7.79. The van der Waals surface area contributed by atoms with E-state index < -0.39 is 22.3 Å². The van der Waals surface area contributed by atoms with Crippen LogP contribution in [0.2, 0.25) is 0 Å². The number of carbonyl (C=O) groups excluding carboxylic acids is 2. The highest BCUT2D eigenvalue weighted by atomic mass is 32.2. The van der Waals surface area contributed by atoms with Crippen molar-refractivity contribution < 1.29 is 18.5 Å². The molecule has 0 spiro atoms. The number of ether oxygens (including phenoxy) is 1. The molecule has 1 unspecified atom stereocenters. The Kier molecular flexibility index (Phi) is 5.44. The molecule has 110 valence electrons. The molecule has 0 aliphatic carbocycles. The molecule has 1 atom stereocenters. The number of rotatable bonds is 5. The van der Waals surface area contributed by atoms with Gasteiger partial charge in [-0.3, -0.25) is 9.00 Å². The second kappa shape index (κ2) is 6.65. The summed E-state index contributed by atoms with van der Waals surface area (Å²) in [7, 11) is 0.235. The lowest BCUT2D eigenvalue weighted by molar-refractivity contribution is 0.0595. The summed E-state index contributed by atoms with van der Waals surface area (Å²) in [4.78, 5) is 23.9. The molecule has 6 heteroatoms. The Morgan fingerprint density at radius 3 is 2.30 bits per heavy atom. The highest BCUT2D eigenvalue weighted by molar-refractivity contribution is 7.84. The zero-order valence-corrected chi connectivity index (χ0v) is 12.9. The lowest BCUT2D eigenvalue weighted by Crippen LogP contribution is -2.47. The Labute approximate surface area is 121 Å². The van der Waals surface area contributed by atoms with Crippen LogP contribution in [-0.4, -0.2) is 40.7 Å². The first kappa shape index (κ1) is 16.4. The first-order valence-electron chi connectivity index (χ1n) is 6.07. The predicted octanol–water partition coefficient (Wildman–Crippen LogP) is 1.36. The molecule has 0 heterocycles. The Morgan fingerprint density at radius 1 is 1.25 bits per heavy atom. The van der Waals surface area contributed by atoms with Crippen LogP contribution < -0.4 is 5.32 Å². The minimum atomic E-state index is -1.03. The van der Waals surface area contributed by atoms with Crippen molar-refractivity contribution >= 4 is 22.7 Å². The SMILES string of the molecule is COC(=O)c1ccccc1C(=O)NC(C)(C)CS(C)=O. The van der Waals surface area contributed by atoms with Gasteiger partial charge in [-0.1, -0.05) is 12.1 Å². The fourth-order valence-corrected chi connectivity index (χ4v) is 2.98. The fourth-order valence-electron chi connectivity index (χ4n) is 1.89. The van der Waals surface area contributed by atoms with E-state index in [9.17, 15) is 13.8 Å². The van der Waals surface area contributed by atoms with E-state index in [1.807, 2.05) is 0 Å². The van der Waals surface area contributed by atoms with Gasteiger partial charge in [0.15, 0.2) is 0 Å². The molecule has 1 amide bonds. The summed E-state index contributed by atoms with van der Waals surface area (Å²) in [5, 5.41) is 2.78. The van der Waals surface area contributed by atoms with Gasteiger partial charge in [0.05, 0.1) is 18.2 Å². The Hall–Kier alpha value is -1.69. The largest absolute Gasteiger partial charge is 0.465 e. The summed E-state index contributed by atoms with van der Waals surface area (Å²) in [5.41, 5.74) is -0.171. The topological polar surface area (TPSA) is 72.5 Å². The second-order valence-electron chi connectivity index (χ2n) is 5.09. The van der Waals surface area contributed by atoms with Crippen molar-refractivity contribution in [2.45, 2.75) is 19.4 Å². The van der Waals surface area contributed by atoms with Crippen LogP contribution in [0, 0.1) is 0 Å². The van der Waals surface area contributed by atoms with Crippen LogP contribution >= 0.6 is 0 Å². The molecule has 0 aromatic heterocycles. The zero-order chi connectivity index (χ0) is 15.3. The summed E-state index contributed by atoms with van der Waals surface area (Å²) in [6.45, 7) is 3.57. The molecular weight excluding hydrogens is 278 g/mol. The summed E-state index contributed by atoms with van der Waals surface area (Å²) in [6.07, 6.45) is 1.58. The van der Waals surface area contributed by atoms with E-state index in [0.717, 1.165) is 0 Å². The van der Waals surface area contributed by atoms with E-state index in [1.54, 1.807) is 38.3 Å². The van der Waals surface area contributed by atoms with Crippen molar-refractivity contribution in [1.82, 2.24) is 5.32 Å². The van der Waals surface area contributed by atoms with Gasteiger partial charge in [-0.25, -0.2) is 4.79 Å². The Morgan fingerprint density at radius 2 is 1.80 bits per heavy atom. The molecule has 0 aliphatic rings. The Balaban J connectivity index is 2.99. The van der Waals surface area contributed by atoms with Crippen LogP contribution in [-0.2, 0) is 15.5 Å². The third-order valence-electron chi connectivity index (χ3n) is 2.59. The molecule has 0 bridgehead atoms. The normalized spacial score (nSPS) is 12.6. The lowest BCUT2D eigenvalue weighted by Gasteiger charge is -2.25. The van der Waals surface area contributed by atoms with Gasteiger partial charge in [0, 0.05) is 28.3 Å². The number of esters is 1. The number of hydrogen-bond donors (Lipinski definition) is 1. The van der Waals surface area contributed by atoms with Gasteiger partial charge in [-0.2, -0.15) is 0 Å². The number of amides is 1. The van der Waals surface area contributed by atoms with Gasteiger partial charge in [0.1, 0.15) is 0 Å². The fraction of sp³-hybridized carbons (Fsp3) is 0.429. The molecule has 1 rings (SSSR count). The van der Waals surface area contributed by atoms with Crippen LogP contribution in [0.25, 0.3) is 0 Å². The van der Waals surface area contributed by atoms with Crippen LogP contribution in [0.15, 0.2) is 24.3 Å². The van der Waals surface area contributed by atoms with Crippen molar-refractivity contribution in [3.8, 4) is 0 Å². The van der Waals surface area contributed by atoms with Gasteiger partial charge in [0.2, 0.25) is 0 Å². The number of nitrogens with one attached hydrogen (secondary N) is 1. The monoisotopic (exact) mass is 297 g/mol. The van der Waals surface area contributed by atoms with Gasteiger partial charge in [0.25, 0.3) is 5.91 Å². The minimum absolute atomic E-state index is 0.209. The van der Waals surface area contributed by atoms with Crippen LogP contribution in [0.1, 0.15) is 34.6 Å². The summed E-state index contributed by atoms with van der Waals surface area (Å²) in [6, 6.07) is 6.42. The van der Waals surface area contributed by atoms with Crippen molar-refractivity contribution in [1.29, 1.82) is 0 Å². The number of methoxy groups -OCH3 is 1. The van der Waals surface area contributed by atoms with E-state index >= 15 is 0 Å². The molecule has 0 fully saturated rings. The van der Waals surface area contributed by atoms with Crippen molar-refractivity contribution in [2.75, 3.05) is 19.1 Å². The minimum Gasteiger partial charge on any atom is -0.465 e. The molecule has 1 aromatic carbocycles. The van der Waals surface area contributed by atoms with Gasteiger partial charge in [-0.05, 0) is 26.0 Å². The third kappa shape index (κ3) is 4.45. The Bertz CT molecular complexity index is 540. The smallest absolute Gasteiger partial charge is 0.338 e. The van der Waals surface area contributed by atoms with Gasteiger partial charge < -0.3 is 10.1 Å². The lowest BCUT2D eigenvalue weighted by atomic mass is 10.0. The summed E-state index contributed by atoms with van der Waals surface area (Å²) < 4.78 is 15.9. The maximum atomic E-state index is 12.3. The van der Waals surface area contributed by atoms with E-state index in [-0.39, 0.29) is 17.0 Å². The van der Waals surface area contributed by atoms with E-state index in [4.69, 9.17) is 0 Å². The highest BCUT2D eigenvalue weighted by Gasteiger charge is 2.25. The quantitative estimate of drug-likeness (QED) is 0.833. The highest BCUT2D eigenvalue weighted by Crippen LogP contribution is 2.12. The van der Waals surface area contributed by atoms with Crippen LogP contribution in [0.4, 0.5) is 0 Å². The maximum Gasteiger partial charge on any atom is 0.338 e. The summed E-state index contributed by atoms with van der Waals surface area (Å²) >= 11 is 0. The van der Waals surface area contributed by atoms with Crippen molar-refractivity contribution in [3.63, 3.8) is 0 Å². The molecular formula is C14H19NO4S. The molecule has 0 saturated heterocycles. The van der Waals surface area contributed by atoms with E-state index in [2.05, 4.69) is 10.1 Å². The average molecular weight is 297 g/mol. The van der Waals surface area contributed by atoms with Gasteiger partial charge in [-0.15, -0.1) is 0 Å². The van der Waals surface area contributed by atoms with Gasteiger partial charge >= 0.3 is 5.97 Å². The molecule has 0 saturated carbocycles.